The predicted octanol–water partition coefficient (Wildman–Crippen LogP) is 3.26. The van der Waals surface area contributed by atoms with Gasteiger partial charge in [-0.15, -0.1) is 0 Å². The van der Waals surface area contributed by atoms with Crippen LogP contribution in [0.15, 0.2) is 41.2 Å². The molecule has 0 radical (unpaired) electrons. The van der Waals surface area contributed by atoms with Gasteiger partial charge in [-0.05, 0) is 37.5 Å². The standard InChI is InChI=1S/C23H21FN6O3/c1-13(24)15-6-7-17-18(9-15)29-22(28-17)19-11-21(33-30-19)14(2)27-23(32)20-10-16(25-12-26-20)5-3-4-8-31/h6-7,9-14,31H,4,8H2,1-2H3,(H,27,32)(H,28,29)/t13?,14-/m0/s1. The van der Waals surface area contributed by atoms with Gasteiger partial charge in [0.1, 0.15) is 29.6 Å². The van der Waals surface area contributed by atoms with Crippen molar-refractivity contribution >= 4 is 16.9 Å². The Morgan fingerprint density at radius 3 is 2.91 bits per heavy atom. The summed E-state index contributed by atoms with van der Waals surface area (Å²) in [4.78, 5) is 28.2. The molecule has 0 saturated carbocycles. The van der Waals surface area contributed by atoms with E-state index in [0.717, 1.165) is 0 Å². The van der Waals surface area contributed by atoms with Crippen LogP contribution in [-0.4, -0.2) is 42.7 Å². The highest BCUT2D eigenvalue weighted by Gasteiger charge is 2.19. The van der Waals surface area contributed by atoms with E-state index in [0.29, 0.717) is 46.0 Å². The van der Waals surface area contributed by atoms with E-state index in [-0.39, 0.29) is 12.3 Å². The van der Waals surface area contributed by atoms with Crippen LogP contribution in [0.25, 0.3) is 22.6 Å². The van der Waals surface area contributed by atoms with Gasteiger partial charge < -0.3 is 19.9 Å². The molecular formula is C23H21FN6O3. The number of fused-ring (bicyclic) bond motifs is 1. The van der Waals surface area contributed by atoms with Gasteiger partial charge in [0.15, 0.2) is 11.6 Å². The van der Waals surface area contributed by atoms with Crippen LogP contribution in [0.5, 0.6) is 0 Å². The van der Waals surface area contributed by atoms with Gasteiger partial charge in [0.25, 0.3) is 5.91 Å². The number of H-pyrrole nitrogens is 1. The summed E-state index contributed by atoms with van der Waals surface area (Å²) in [5, 5.41) is 15.6. The first-order valence-electron chi connectivity index (χ1n) is 10.3. The Kier molecular flexibility index (Phi) is 6.42. The lowest BCUT2D eigenvalue weighted by Crippen LogP contribution is -2.27. The molecule has 1 aromatic carbocycles. The quantitative estimate of drug-likeness (QED) is 0.386. The molecule has 0 aliphatic heterocycles. The minimum Gasteiger partial charge on any atom is -0.395 e. The maximum absolute atomic E-state index is 13.6. The SMILES string of the molecule is CC(F)c1ccc2nc(-c3cc([C@H](C)NC(=O)c4cc(C#CCCO)ncn4)on3)[nH]c2c1. The molecule has 10 heteroatoms. The highest BCUT2D eigenvalue weighted by molar-refractivity contribution is 5.92. The summed E-state index contributed by atoms with van der Waals surface area (Å²) in [6, 6.07) is 7.80. The van der Waals surface area contributed by atoms with Gasteiger partial charge in [-0.1, -0.05) is 17.1 Å². The van der Waals surface area contributed by atoms with E-state index in [1.165, 1.54) is 19.3 Å². The highest BCUT2D eigenvalue weighted by atomic mass is 19.1. The Morgan fingerprint density at radius 1 is 1.27 bits per heavy atom. The van der Waals surface area contributed by atoms with Crippen molar-refractivity contribution in [2.45, 2.75) is 32.5 Å². The topological polar surface area (TPSA) is 130 Å². The number of imidazole rings is 1. The van der Waals surface area contributed by atoms with Gasteiger partial charge in [-0.25, -0.2) is 19.3 Å². The Hall–Kier alpha value is -4.10. The number of carbonyl (C=O) groups is 1. The van der Waals surface area contributed by atoms with Crippen LogP contribution in [-0.2, 0) is 0 Å². The molecular weight excluding hydrogens is 427 g/mol. The summed E-state index contributed by atoms with van der Waals surface area (Å²) >= 11 is 0. The van der Waals surface area contributed by atoms with Crippen molar-refractivity contribution in [1.29, 1.82) is 0 Å². The lowest BCUT2D eigenvalue weighted by atomic mass is 10.1. The van der Waals surface area contributed by atoms with E-state index >= 15 is 0 Å². The number of nitrogens with zero attached hydrogens (tertiary/aromatic N) is 4. The molecule has 1 unspecified atom stereocenters. The molecule has 3 aromatic heterocycles. The lowest BCUT2D eigenvalue weighted by molar-refractivity contribution is 0.0928. The fourth-order valence-corrected chi connectivity index (χ4v) is 3.10. The van der Waals surface area contributed by atoms with Crippen molar-refractivity contribution in [3.63, 3.8) is 0 Å². The zero-order chi connectivity index (χ0) is 23.4. The van der Waals surface area contributed by atoms with Crippen LogP contribution in [0.2, 0.25) is 0 Å². The second-order valence-corrected chi connectivity index (χ2v) is 7.35. The predicted molar refractivity (Wildman–Crippen MR) is 118 cm³/mol. The Morgan fingerprint density at radius 2 is 2.12 bits per heavy atom. The Balaban J connectivity index is 1.48. The van der Waals surface area contributed by atoms with Gasteiger partial charge >= 0.3 is 0 Å². The van der Waals surface area contributed by atoms with Gasteiger partial charge in [-0.2, -0.15) is 0 Å². The molecule has 3 heterocycles. The summed E-state index contributed by atoms with van der Waals surface area (Å²) in [7, 11) is 0. The van der Waals surface area contributed by atoms with Crippen LogP contribution in [0.1, 0.15) is 60.0 Å². The number of nitrogens with one attached hydrogen (secondary N) is 2. The number of hydrogen-bond donors (Lipinski definition) is 3. The first-order chi connectivity index (χ1) is 15.9. The van der Waals surface area contributed by atoms with Crippen molar-refractivity contribution < 1.29 is 18.8 Å². The molecule has 3 N–H and O–H groups in total. The molecule has 2 atom stereocenters. The van der Waals surface area contributed by atoms with E-state index in [2.05, 4.69) is 42.3 Å². The number of aliphatic hydroxyl groups excluding tert-OH is 1. The van der Waals surface area contributed by atoms with Crippen LogP contribution >= 0.6 is 0 Å². The van der Waals surface area contributed by atoms with Crippen molar-refractivity contribution in [2.75, 3.05) is 6.61 Å². The van der Waals surface area contributed by atoms with E-state index < -0.39 is 18.1 Å². The third-order valence-electron chi connectivity index (χ3n) is 4.86. The van der Waals surface area contributed by atoms with Crippen LogP contribution < -0.4 is 5.32 Å². The van der Waals surface area contributed by atoms with Crippen LogP contribution in [0.4, 0.5) is 4.39 Å². The number of rotatable bonds is 6. The van der Waals surface area contributed by atoms with Gasteiger partial charge in [0, 0.05) is 18.6 Å². The minimum absolute atomic E-state index is 0.0476. The first kappa shape index (κ1) is 22.1. The monoisotopic (exact) mass is 448 g/mol. The molecule has 0 spiro atoms. The number of amides is 1. The third kappa shape index (κ3) is 5.05. The number of hydrogen-bond acceptors (Lipinski definition) is 7. The zero-order valence-corrected chi connectivity index (χ0v) is 18.0. The van der Waals surface area contributed by atoms with E-state index in [9.17, 15) is 9.18 Å². The van der Waals surface area contributed by atoms with Gasteiger partial charge in [0.05, 0.1) is 23.7 Å². The minimum atomic E-state index is -1.08. The fourth-order valence-electron chi connectivity index (χ4n) is 3.10. The second-order valence-electron chi connectivity index (χ2n) is 7.35. The second kappa shape index (κ2) is 9.58. The molecule has 0 saturated heterocycles. The number of halogens is 1. The molecule has 9 nitrogen and oxygen atoms in total. The lowest BCUT2D eigenvalue weighted by Gasteiger charge is -2.09. The maximum Gasteiger partial charge on any atom is 0.270 e. The highest BCUT2D eigenvalue weighted by Crippen LogP contribution is 2.26. The molecule has 4 rings (SSSR count). The van der Waals surface area contributed by atoms with Crippen molar-refractivity contribution in [2.24, 2.45) is 0 Å². The Labute approximate surface area is 188 Å². The summed E-state index contributed by atoms with van der Waals surface area (Å²) in [6.45, 7) is 3.18. The maximum atomic E-state index is 13.6. The number of carbonyl (C=O) groups excluding carboxylic acids is 1. The molecule has 0 aliphatic carbocycles. The molecule has 1 amide bonds. The van der Waals surface area contributed by atoms with Gasteiger partial charge in [-0.3, -0.25) is 4.79 Å². The smallest absolute Gasteiger partial charge is 0.270 e. The zero-order valence-electron chi connectivity index (χ0n) is 18.0. The van der Waals surface area contributed by atoms with Crippen molar-refractivity contribution in [3.05, 3.63) is 59.4 Å². The molecule has 0 bridgehead atoms. The average Bonchev–Trinajstić information content (AvgIpc) is 3.46. The van der Waals surface area contributed by atoms with E-state index in [1.54, 1.807) is 31.2 Å². The summed E-state index contributed by atoms with van der Waals surface area (Å²) < 4.78 is 19.0. The average molecular weight is 448 g/mol. The molecule has 168 valence electrons. The summed E-state index contributed by atoms with van der Waals surface area (Å²) in [6.07, 6.45) is 0.492. The molecule has 0 aliphatic rings. The van der Waals surface area contributed by atoms with Crippen LogP contribution in [0, 0.1) is 11.8 Å². The van der Waals surface area contributed by atoms with E-state index in [4.69, 9.17) is 9.63 Å². The Bertz CT molecular complexity index is 1350. The number of aromatic nitrogens is 5. The molecule has 33 heavy (non-hydrogen) atoms. The first-order valence-corrected chi connectivity index (χ1v) is 10.3. The number of benzene rings is 1. The number of aliphatic hydroxyl groups is 1. The summed E-state index contributed by atoms with van der Waals surface area (Å²) in [5.74, 6) is 5.99. The van der Waals surface area contributed by atoms with E-state index in [1.807, 2.05) is 0 Å². The largest absolute Gasteiger partial charge is 0.395 e. The third-order valence-corrected chi connectivity index (χ3v) is 4.86. The molecule has 4 aromatic rings. The number of alkyl halides is 1. The van der Waals surface area contributed by atoms with Gasteiger partial charge in [0.2, 0.25) is 0 Å². The van der Waals surface area contributed by atoms with Crippen molar-refractivity contribution in [3.8, 4) is 23.4 Å². The van der Waals surface area contributed by atoms with Crippen molar-refractivity contribution in [1.82, 2.24) is 30.4 Å². The normalized spacial score (nSPS) is 12.7. The molecule has 0 fully saturated rings. The van der Waals surface area contributed by atoms with Crippen LogP contribution in [0.3, 0.4) is 0 Å². The summed E-state index contributed by atoms with van der Waals surface area (Å²) in [5.41, 5.74) is 2.93. The number of aromatic amines is 1. The fraction of sp³-hybridized carbons (Fsp3) is 0.261.